The molecule has 0 saturated heterocycles. The summed E-state index contributed by atoms with van der Waals surface area (Å²) in [5, 5.41) is 3.73. The monoisotopic (exact) mass is 395 g/mol. The van der Waals surface area contributed by atoms with Gasteiger partial charge in [0.2, 0.25) is 0 Å². The molecule has 0 aliphatic heterocycles. The van der Waals surface area contributed by atoms with E-state index in [1.807, 2.05) is 19.9 Å². The Morgan fingerprint density at radius 2 is 1.86 bits per heavy atom. The Labute approximate surface area is 174 Å². The van der Waals surface area contributed by atoms with Crippen molar-refractivity contribution in [2.45, 2.75) is 57.9 Å². The molecule has 1 aliphatic carbocycles. The number of benzene rings is 2. The minimum Gasteiger partial charge on any atom is -0.494 e. The third kappa shape index (κ3) is 6.60. The lowest BCUT2D eigenvalue weighted by atomic mass is 9.96. The number of carbonyl (C=O) groups excluding carboxylic acids is 1. The van der Waals surface area contributed by atoms with Crippen molar-refractivity contribution in [3.63, 3.8) is 0 Å². The van der Waals surface area contributed by atoms with Crippen LogP contribution in [0.25, 0.3) is 0 Å². The number of rotatable bonds is 10. The van der Waals surface area contributed by atoms with E-state index >= 15 is 0 Å². The Kier molecular flexibility index (Phi) is 8.12. The molecule has 0 spiro atoms. The lowest BCUT2D eigenvalue weighted by Crippen LogP contribution is -2.28. The van der Waals surface area contributed by atoms with E-state index < -0.39 is 0 Å². The van der Waals surface area contributed by atoms with E-state index in [-0.39, 0.29) is 5.97 Å². The molecule has 2 aromatic carbocycles. The zero-order chi connectivity index (χ0) is 20.5. The van der Waals surface area contributed by atoms with Crippen molar-refractivity contribution >= 4 is 5.97 Å². The second-order valence-corrected chi connectivity index (χ2v) is 7.71. The molecule has 0 aromatic heterocycles. The van der Waals surface area contributed by atoms with Crippen molar-refractivity contribution in [2.24, 2.45) is 0 Å². The van der Waals surface area contributed by atoms with Crippen LogP contribution in [0.1, 0.15) is 55.7 Å². The molecule has 1 fully saturated rings. The van der Waals surface area contributed by atoms with Crippen LogP contribution >= 0.6 is 0 Å². The summed E-state index contributed by atoms with van der Waals surface area (Å²) in [6.45, 7) is 5.98. The van der Waals surface area contributed by atoms with Crippen molar-refractivity contribution in [3.8, 4) is 5.75 Å². The standard InChI is InChI=1S/C25H33NO3/c1-3-28-24-7-5-6-19(16-24)14-15-26-23-13-12-22(18-23)21-10-8-20(9-11-21)17-25(27)29-4-2/h5-11,16,22-23,26H,3-4,12-15,17-18H2,1-2H3/t22-,23+/m1/s1. The highest BCUT2D eigenvalue weighted by molar-refractivity contribution is 5.72. The van der Waals surface area contributed by atoms with Gasteiger partial charge in [0.15, 0.2) is 0 Å². The summed E-state index contributed by atoms with van der Waals surface area (Å²) in [6.07, 6.45) is 4.98. The zero-order valence-electron chi connectivity index (χ0n) is 17.7. The molecule has 3 rings (SSSR count). The first-order chi connectivity index (χ1) is 14.2. The smallest absolute Gasteiger partial charge is 0.310 e. The SMILES string of the molecule is CCOC(=O)Cc1ccc([C@@H]2CC[C@H](NCCc3cccc(OCC)c3)C2)cc1. The van der Waals surface area contributed by atoms with Crippen molar-refractivity contribution in [1.29, 1.82) is 0 Å². The quantitative estimate of drug-likeness (QED) is 0.595. The van der Waals surface area contributed by atoms with E-state index in [0.29, 0.717) is 31.6 Å². The van der Waals surface area contributed by atoms with E-state index in [4.69, 9.17) is 9.47 Å². The average Bonchev–Trinajstić information content (AvgIpc) is 3.18. The van der Waals surface area contributed by atoms with Gasteiger partial charge >= 0.3 is 5.97 Å². The van der Waals surface area contributed by atoms with Crippen LogP contribution in [-0.2, 0) is 22.4 Å². The van der Waals surface area contributed by atoms with Gasteiger partial charge in [0.05, 0.1) is 19.6 Å². The third-order valence-electron chi connectivity index (χ3n) is 5.59. The first-order valence-corrected chi connectivity index (χ1v) is 10.9. The number of carbonyl (C=O) groups is 1. The van der Waals surface area contributed by atoms with Crippen LogP contribution in [0, 0.1) is 0 Å². The molecule has 0 bridgehead atoms. The lowest BCUT2D eigenvalue weighted by molar-refractivity contribution is -0.142. The first-order valence-electron chi connectivity index (χ1n) is 10.9. The summed E-state index contributed by atoms with van der Waals surface area (Å²) in [7, 11) is 0. The fourth-order valence-corrected chi connectivity index (χ4v) is 4.13. The molecular weight excluding hydrogens is 362 g/mol. The topological polar surface area (TPSA) is 47.6 Å². The van der Waals surface area contributed by atoms with E-state index in [1.165, 1.54) is 30.4 Å². The van der Waals surface area contributed by atoms with Crippen molar-refractivity contribution in [2.75, 3.05) is 19.8 Å². The van der Waals surface area contributed by atoms with Crippen molar-refractivity contribution in [1.82, 2.24) is 5.32 Å². The van der Waals surface area contributed by atoms with Crippen LogP contribution in [0.2, 0.25) is 0 Å². The number of esters is 1. The Morgan fingerprint density at radius 3 is 2.62 bits per heavy atom. The largest absolute Gasteiger partial charge is 0.494 e. The maximum absolute atomic E-state index is 11.6. The van der Waals surface area contributed by atoms with E-state index in [2.05, 4.69) is 47.8 Å². The molecule has 0 amide bonds. The molecular formula is C25H33NO3. The first kappa shape index (κ1) is 21.4. The minimum atomic E-state index is -0.155. The molecule has 2 atom stereocenters. The van der Waals surface area contributed by atoms with Crippen LogP contribution in [0.5, 0.6) is 5.75 Å². The average molecular weight is 396 g/mol. The van der Waals surface area contributed by atoms with Gasteiger partial charge in [-0.05, 0) is 80.8 Å². The van der Waals surface area contributed by atoms with Gasteiger partial charge in [0.1, 0.15) is 5.75 Å². The Hall–Kier alpha value is -2.33. The van der Waals surface area contributed by atoms with Gasteiger partial charge in [-0.15, -0.1) is 0 Å². The lowest BCUT2D eigenvalue weighted by Gasteiger charge is -2.14. The highest BCUT2D eigenvalue weighted by Gasteiger charge is 2.25. The predicted molar refractivity (Wildman–Crippen MR) is 116 cm³/mol. The van der Waals surface area contributed by atoms with E-state index in [0.717, 1.165) is 24.3 Å². The number of ether oxygens (including phenoxy) is 2. The molecule has 1 saturated carbocycles. The third-order valence-corrected chi connectivity index (χ3v) is 5.59. The van der Waals surface area contributed by atoms with Gasteiger partial charge in [-0.2, -0.15) is 0 Å². The number of nitrogens with one attached hydrogen (secondary N) is 1. The van der Waals surface area contributed by atoms with Gasteiger partial charge in [0.25, 0.3) is 0 Å². The second kappa shape index (κ2) is 11.0. The molecule has 4 nitrogen and oxygen atoms in total. The van der Waals surface area contributed by atoms with Gasteiger partial charge in [-0.25, -0.2) is 0 Å². The van der Waals surface area contributed by atoms with Crippen LogP contribution < -0.4 is 10.1 Å². The summed E-state index contributed by atoms with van der Waals surface area (Å²) in [5.74, 6) is 1.40. The minimum absolute atomic E-state index is 0.155. The molecule has 0 heterocycles. The molecule has 156 valence electrons. The zero-order valence-corrected chi connectivity index (χ0v) is 17.7. The second-order valence-electron chi connectivity index (χ2n) is 7.71. The molecule has 0 unspecified atom stereocenters. The molecule has 4 heteroatoms. The van der Waals surface area contributed by atoms with Gasteiger partial charge in [-0.3, -0.25) is 4.79 Å². The summed E-state index contributed by atoms with van der Waals surface area (Å²) in [6, 6.07) is 17.5. The summed E-state index contributed by atoms with van der Waals surface area (Å²) < 4.78 is 10.6. The fraction of sp³-hybridized carbons (Fsp3) is 0.480. The molecule has 2 aromatic rings. The summed E-state index contributed by atoms with van der Waals surface area (Å²) >= 11 is 0. The highest BCUT2D eigenvalue weighted by Crippen LogP contribution is 2.34. The van der Waals surface area contributed by atoms with E-state index in [9.17, 15) is 4.79 Å². The molecule has 0 radical (unpaired) electrons. The maximum atomic E-state index is 11.6. The molecule has 29 heavy (non-hydrogen) atoms. The van der Waals surface area contributed by atoms with Gasteiger partial charge < -0.3 is 14.8 Å². The van der Waals surface area contributed by atoms with Crippen LogP contribution in [0.3, 0.4) is 0 Å². The summed E-state index contributed by atoms with van der Waals surface area (Å²) in [4.78, 5) is 11.6. The maximum Gasteiger partial charge on any atom is 0.310 e. The van der Waals surface area contributed by atoms with Crippen LogP contribution in [0.15, 0.2) is 48.5 Å². The number of hydrogen-bond donors (Lipinski definition) is 1. The van der Waals surface area contributed by atoms with Gasteiger partial charge in [0, 0.05) is 6.04 Å². The Morgan fingerprint density at radius 1 is 1.03 bits per heavy atom. The highest BCUT2D eigenvalue weighted by atomic mass is 16.5. The summed E-state index contributed by atoms with van der Waals surface area (Å²) in [5.41, 5.74) is 3.72. The van der Waals surface area contributed by atoms with E-state index in [1.54, 1.807) is 0 Å². The van der Waals surface area contributed by atoms with Crippen LogP contribution in [-0.4, -0.2) is 31.8 Å². The van der Waals surface area contributed by atoms with Gasteiger partial charge in [-0.1, -0.05) is 36.4 Å². The Bertz CT molecular complexity index is 772. The Balaban J connectivity index is 1.43. The van der Waals surface area contributed by atoms with Crippen molar-refractivity contribution < 1.29 is 14.3 Å². The molecule has 1 aliphatic rings. The van der Waals surface area contributed by atoms with Crippen molar-refractivity contribution in [3.05, 3.63) is 65.2 Å². The normalized spacial score (nSPS) is 18.6. The predicted octanol–water partition coefficient (Wildman–Crippen LogP) is 4.66. The molecule has 1 N–H and O–H groups in total. The fourth-order valence-electron chi connectivity index (χ4n) is 4.13. The van der Waals surface area contributed by atoms with Crippen LogP contribution in [0.4, 0.5) is 0 Å². The number of hydrogen-bond acceptors (Lipinski definition) is 4.